The molecule has 0 saturated heterocycles. The Hall–Kier alpha value is -1.88. The molecule has 106 valence electrons. The first-order valence-electron chi connectivity index (χ1n) is 6.72. The topological polar surface area (TPSA) is 54.0 Å². The highest BCUT2D eigenvalue weighted by Crippen LogP contribution is 2.10. The van der Waals surface area contributed by atoms with Crippen LogP contribution in [0.25, 0.3) is 0 Å². The van der Waals surface area contributed by atoms with Gasteiger partial charge in [-0.3, -0.25) is 4.79 Å². The van der Waals surface area contributed by atoms with Crippen LogP contribution in [0, 0.1) is 6.92 Å². The van der Waals surface area contributed by atoms with Gasteiger partial charge in [0.15, 0.2) is 0 Å². The number of amides is 1. The first-order chi connectivity index (χ1) is 9.69. The average molecular weight is 289 g/mol. The summed E-state index contributed by atoms with van der Waals surface area (Å²) < 4.78 is 0. The van der Waals surface area contributed by atoms with Crippen LogP contribution in [0.5, 0.6) is 0 Å². The van der Waals surface area contributed by atoms with E-state index in [1.807, 2.05) is 36.6 Å². The molecule has 1 amide bonds. The first kappa shape index (κ1) is 14.5. The normalized spacial score (nSPS) is 10.3. The van der Waals surface area contributed by atoms with Gasteiger partial charge in [0.25, 0.3) is 5.91 Å². The fourth-order valence-corrected chi connectivity index (χ4v) is 2.38. The Kier molecular flexibility index (Phi) is 5.12. The van der Waals surface area contributed by atoms with Crippen molar-refractivity contribution >= 4 is 22.9 Å². The van der Waals surface area contributed by atoms with Crippen molar-refractivity contribution in [2.24, 2.45) is 0 Å². The summed E-state index contributed by atoms with van der Waals surface area (Å²) in [5.74, 6) is -0.0716. The van der Waals surface area contributed by atoms with Crippen molar-refractivity contribution in [3.05, 3.63) is 45.9 Å². The molecule has 0 atom stereocenters. The van der Waals surface area contributed by atoms with Gasteiger partial charge >= 0.3 is 0 Å². The van der Waals surface area contributed by atoms with Crippen molar-refractivity contribution in [3.8, 4) is 0 Å². The van der Waals surface area contributed by atoms with Crippen molar-refractivity contribution in [1.29, 1.82) is 0 Å². The maximum absolute atomic E-state index is 12.0. The monoisotopic (exact) mass is 289 g/mol. The van der Waals surface area contributed by atoms with Gasteiger partial charge in [-0.1, -0.05) is 6.92 Å². The van der Waals surface area contributed by atoms with Crippen molar-refractivity contribution in [2.75, 3.05) is 11.9 Å². The molecule has 0 unspecified atom stereocenters. The van der Waals surface area contributed by atoms with Crippen LogP contribution < -0.4 is 10.6 Å². The standard InChI is InChI=1S/C15H19N3OS/c1-3-8-16-13-6-4-12(5-7-13)15(19)17-9-14-10-20-11(2)18-14/h4-7,10,16H,3,8-9H2,1-2H3,(H,17,19). The van der Waals surface area contributed by atoms with Crippen LogP contribution in [0.4, 0.5) is 5.69 Å². The summed E-state index contributed by atoms with van der Waals surface area (Å²) in [7, 11) is 0. The molecule has 0 saturated carbocycles. The van der Waals surface area contributed by atoms with E-state index in [9.17, 15) is 4.79 Å². The van der Waals surface area contributed by atoms with Crippen molar-refractivity contribution in [2.45, 2.75) is 26.8 Å². The summed E-state index contributed by atoms with van der Waals surface area (Å²) in [5, 5.41) is 9.14. The third kappa shape index (κ3) is 4.06. The Morgan fingerprint density at radius 1 is 1.30 bits per heavy atom. The summed E-state index contributed by atoms with van der Waals surface area (Å²) in [6, 6.07) is 7.52. The molecule has 0 aliphatic rings. The fraction of sp³-hybridized carbons (Fsp3) is 0.333. The van der Waals surface area contributed by atoms with Crippen molar-refractivity contribution in [1.82, 2.24) is 10.3 Å². The number of nitrogens with one attached hydrogen (secondary N) is 2. The summed E-state index contributed by atoms with van der Waals surface area (Å²) in [5.41, 5.74) is 2.61. The third-order valence-electron chi connectivity index (χ3n) is 2.82. The van der Waals surface area contributed by atoms with E-state index in [0.717, 1.165) is 29.4 Å². The smallest absolute Gasteiger partial charge is 0.251 e. The lowest BCUT2D eigenvalue weighted by molar-refractivity contribution is 0.0950. The minimum absolute atomic E-state index is 0.0716. The zero-order valence-electron chi connectivity index (χ0n) is 11.8. The van der Waals surface area contributed by atoms with Gasteiger partial charge in [-0.25, -0.2) is 4.98 Å². The fourth-order valence-electron chi connectivity index (χ4n) is 1.77. The number of aromatic nitrogens is 1. The molecule has 0 aliphatic carbocycles. The number of hydrogen-bond acceptors (Lipinski definition) is 4. The Balaban J connectivity index is 1.88. The van der Waals surface area contributed by atoms with Crippen LogP contribution >= 0.6 is 11.3 Å². The third-order valence-corrected chi connectivity index (χ3v) is 3.65. The van der Waals surface area contributed by atoms with Gasteiger partial charge in [-0.2, -0.15) is 0 Å². The summed E-state index contributed by atoms with van der Waals surface area (Å²) >= 11 is 1.59. The number of nitrogens with zero attached hydrogens (tertiary/aromatic N) is 1. The van der Waals surface area contributed by atoms with Crippen molar-refractivity contribution in [3.63, 3.8) is 0 Å². The van der Waals surface area contributed by atoms with Gasteiger partial charge in [0.05, 0.1) is 17.2 Å². The van der Waals surface area contributed by atoms with Crippen LogP contribution in [-0.2, 0) is 6.54 Å². The van der Waals surface area contributed by atoms with E-state index in [2.05, 4.69) is 22.5 Å². The molecule has 5 heteroatoms. The molecule has 2 aromatic rings. The van der Waals surface area contributed by atoms with E-state index < -0.39 is 0 Å². The number of thiazole rings is 1. The molecular formula is C15H19N3OS. The minimum Gasteiger partial charge on any atom is -0.385 e. The molecular weight excluding hydrogens is 270 g/mol. The number of anilines is 1. The van der Waals surface area contributed by atoms with E-state index in [1.165, 1.54) is 0 Å². The van der Waals surface area contributed by atoms with Crippen LogP contribution in [0.3, 0.4) is 0 Å². The lowest BCUT2D eigenvalue weighted by atomic mass is 10.2. The van der Waals surface area contributed by atoms with E-state index in [0.29, 0.717) is 12.1 Å². The van der Waals surface area contributed by atoms with E-state index in [-0.39, 0.29) is 5.91 Å². The lowest BCUT2D eigenvalue weighted by Crippen LogP contribution is -2.22. The first-order valence-corrected chi connectivity index (χ1v) is 7.60. The second-order valence-electron chi connectivity index (χ2n) is 4.54. The molecule has 1 heterocycles. The Morgan fingerprint density at radius 3 is 2.65 bits per heavy atom. The molecule has 0 radical (unpaired) electrons. The quantitative estimate of drug-likeness (QED) is 0.858. The predicted molar refractivity (Wildman–Crippen MR) is 83.2 cm³/mol. The molecule has 1 aromatic heterocycles. The molecule has 1 aromatic carbocycles. The molecule has 0 fully saturated rings. The Bertz CT molecular complexity index is 563. The van der Waals surface area contributed by atoms with Gasteiger partial charge in [0.1, 0.15) is 0 Å². The SMILES string of the molecule is CCCNc1ccc(C(=O)NCc2csc(C)n2)cc1. The van der Waals surface area contributed by atoms with Crippen LogP contribution in [0.2, 0.25) is 0 Å². The van der Waals surface area contributed by atoms with E-state index >= 15 is 0 Å². The number of hydrogen-bond donors (Lipinski definition) is 2. The lowest BCUT2D eigenvalue weighted by Gasteiger charge is -2.06. The highest BCUT2D eigenvalue weighted by Gasteiger charge is 2.06. The number of carbonyl (C=O) groups is 1. The molecule has 0 aliphatic heterocycles. The highest BCUT2D eigenvalue weighted by molar-refractivity contribution is 7.09. The maximum atomic E-state index is 12.0. The second kappa shape index (κ2) is 7.05. The molecule has 0 bridgehead atoms. The van der Waals surface area contributed by atoms with Gasteiger partial charge < -0.3 is 10.6 Å². The van der Waals surface area contributed by atoms with Crippen molar-refractivity contribution < 1.29 is 4.79 Å². The summed E-state index contributed by atoms with van der Waals surface area (Å²) in [4.78, 5) is 16.3. The zero-order chi connectivity index (χ0) is 14.4. The summed E-state index contributed by atoms with van der Waals surface area (Å²) in [6.45, 7) is 5.49. The molecule has 20 heavy (non-hydrogen) atoms. The zero-order valence-corrected chi connectivity index (χ0v) is 12.6. The Morgan fingerprint density at radius 2 is 2.05 bits per heavy atom. The predicted octanol–water partition coefficient (Wildman–Crippen LogP) is 3.20. The molecule has 0 spiro atoms. The van der Waals surface area contributed by atoms with Gasteiger partial charge in [0.2, 0.25) is 0 Å². The molecule has 2 rings (SSSR count). The van der Waals surface area contributed by atoms with E-state index in [1.54, 1.807) is 11.3 Å². The highest BCUT2D eigenvalue weighted by atomic mass is 32.1. The van der Waals surface area contributed by atoms with Gasteiger partial charge in [-0.05, 0) is 37.6 Å². The number of benzene rings is 1. The maximum Gasteiger partial charge on any atom is 0.251 e. The van der Waals surface area contributed by atoms with Crippen LogP contribution in [0.15, 0.2) is 29.6 Å². The molecule has 2 N–H and O–H groups in total. The van der Waals surface area contributed by atoms with Gasteiger partial charge in [-0.15, -0.1) is 11.3 Å². The second-order valence-corrected chi connectivity index (χ2v) is 5.61. The van der Waals surface area contributed by atoms with E-state index in [4.69, 9.17) is 0 Å². The Labute approximate surface area is 123 Å². The molecule has 4 nitrogen and oxygen atoms in total. The minimum atomic E-state index is -0.0716. The number of rotatable bonds is 6. The van der Waals surface area contributed by atoms with Crippen LogP contribution in [-0.4, -0.2) is 17.4 Å². The number of aryl methyl sites for hydroxylation is 1. The van der Waals surface area contributed by atoms with Gasteiger partial charge in [0, 0.05) is 23.2 Å². The van der Waals surface area contributed by atoms with Crippen LogP contribution in [0.1, 0.15) is 34.4 Å². The number of carbonyl (C=O) groups excluding carboxylic acids is 1. The average Bonchev–Trinajstić information content (AvgIpc) is 2.89. The summed E-state index contributed by atoms with van der Waals surface area (Å²) in [6.07, 6.45) is 1.08. The largest absolute Gasteiger partial charge is 0.385 e.